The summed E-state index contributed by atoms with van der Waals surface area (Å²) in [6, 6.07) is 8.81. The van der Waals surface area contributed by atoms with E-state index in [-0.39, 0.29) is 11.7 Å². The number of nitrogens with zero attached hydrogens (tertiary/aromatic N) is 5. The zero-order chi connectivity index (χ0) is 21.5. The van der Waals surface area contributed by atoms with E-state index < -0.39 is 23.2 Å². The fourth-order valence-corrected chi connectivity index (χ4v) is 3.27. The van der Waals surface area contributed by atoms with Gasteiger partial charge in [0.25, 0.3) is 5.91 Å². The molecule has 0 spiro atoms. The molecule has 4 rings (SSSR count). The van der Waals surface area contributed by atoms with Gasteiger partial charge in [0.15, 0.2) is 5.96 Å². The van der Waals surface area contributed by atoms with Gasteiger partial charge in [0.2, 0.25) is 5.54 Å². The van der Waals surface area contributed by atoms with Crippen LogP contribution in [-0.2, 0) is 16.5 Å². The average Bonchev–Trinajstić information content (AvgIpc) is 2.99. The highest BCUT2D eigenvalue weighted by Gasteiger charge is 2.51. The van der Waals surface area contributed by atoms with Crippen LogP contribution in [0.15, 0.2) is 66.2 Å². The first-order chi connectivity index (χ1) is 14.2. The molecule has 10 heteroatoms. The highest BCUT2D eigenvalue weighted by Crippen LogP contribution is 2.40. The predicted molar refractivity (Wildman–Crippen MR) is 102 cm³/mol. The zero-order valence-electron chi connectivity index (χ0n) is 15.6. The van der Waals surface area contributed by atoms with Crippen molar-refractivity contribution in [3.05, 3.63) is 78.0 Å². The maximum absolute atomic E-state index is 13.2. The number of pyridine rings is 1. The highest BCUT2D eigenvalue weighted by molar-refractivity contribution is 6.08. The van der Waals surface area contributed by atoms with Crippen LogP contribution in [0.5, 0.6) is 0 Å². The van der Waals surface area contributed by atoms with Crippen molar-refractivity contribution in [3.63, 3.8) is 0 Å². The fraction of sp³-hybridized carbons (Fsp3) is 0.150. The summed E-state index contributed by atoms with van der Waals surface area (Å²) in [7, 11) is 1.44. The predicted octanol–water partition coefficient (Wildman–Crippen LogP) is 2.59. The lowest BCUT2D eigenvalue weighted by Gasteiger charge is -2.25. The van der Waals surface area contributed by atoms with Crippen molar-refractivity contribution >= 4 is 11.9 Å². The van der Waals surface area contributed by atoms with Crippen LogP contribution in [0.25, 0.3) is 11.3 Å². The Morgan fingerprint density at radius 3 is 2.43 bits per heavy atom. The van der Waals surface area contributed by atoms with Gasteiger partial charge in [-0.25, -0.2) is 4.99 Å². The highest BCUT2D eigenvalue weighted by atomic mass is 19.4. The maximum atomic E-state index is 13.2. The summed E-state index contributed by atoms with van der Waals surface area (Å²) >= 11 is 0. The maximum Gasteiger partial charge on any atom is 0.417 e. The Bertz CT molecular complexity index is 1130. The number of halogens is 3. The molecule has 0 bridgehead atoms. The number of alkyl halides is 3. The Morgan fingerprint density at radius 2 is 1.87 bits per heavy atom. The standard InChI is InChI=1S/C20H15F3N6O/c1-29-17(30)19(28-18(29)24,16-6-5-14(10-27-16)20(21,22)23)13-4-2-3-12(9-13)15-11-25-7-8-26-15/h2-11H,1H3,(H2,24,28). The van der Waals surface area contributed by atoms with Crippen molar-refractivity contribution in [1.82, 2.24) is 19.9 Å². The summed E-state index contributed by atoms with van der Waals surface area (Å²) in [5.41, 5.74) is 4.91. The Kier molecular flexibility index (Phi) is 4.49. The van der Waals surface area contributed by atoms with E-state index in [0.29, 0.717) is 23.0 Å². The number of hydrogen-bond acceptors (Lipinski definition) is 6. The molecule has 1 aliphatic rings. The number of aliphatic imine (C=N–C) groups is 1. The third-order valence-corrected chi connectivity index (χ3v) is 4.84. The number of nitrogens with two attached hydrogens (primary N) is 1. The Balaban J connectivity index is 1.90. The normalized spacial score (nSPS) is 19.1. The summed E-state index contributed by atoms with van der Waals surface area (Å²) in [6.07, 6.45) is 0.744. The van der Waals surface area contributed by atoms with Crippen LogP contribution in [0.4, 0.5) is 13.2 Å². The molecule has 0 radical (unpaired) electrons. The molecule has 1 aliphatic heterocycles. The minimum atomic E-state index is -4.55. The first-order valence-electron chi connectivity index (χ1n) is 8.77. The van der Waals surface area contributed by atoms with E-state index in [0.717, 1.165) is 17.0 Å². The number of likely N-dealkylation sites (N-methyl/N-ethyl adjacent to an activating group) is 1. The van der Waals surface area contributed by atoms with Crippen LogP contribution in [0, 0.1) is 0 Å². The average molecular weight is 412 g/mol. The van der Waals surface area contributed by atoms with Gasteiger partial charge in [-0.15, -0.1) is 0 Å². The monoisotopic (exact) mass is 412 g/mol. The number of carbonyl (C=O) groups is 1. The number of aromatic nitrogens is 3. The minimum Gasteiger partial charge on any atom is -0.369 e. The van der Waals surface area contributed by atoms with Crippen molar-refractivity contribution in [1.29, 1.82) is 0 Å². The second kappa shape index (κ2) is 6.90. The van der Waals surface area contributed by atoms with Crippen molar-refractivity contribution < 1.29 is 18.0 Å². The van der Waals surface area contributed by atoms with Gasteiger partial charge in [-0.2, -0.15) is 13.2 Å². The molecule has 1 aromatic carbocycles. The summed E-state index contributed by atoms with van der Waals surface area (Å²) in [4.78, 5) is 30.9. The fourth-order valence-electron chi connectivity index (χ4n) is 3.27. The number of benzene rings is 1. The van der Waals surface area contributed by atoms with Gasteiger partial charge in [0.05, 0.1) is 23.1 Å². The number of hydrogen-bond donors (Lipinski definition) is 1. The van der Waals surface area contributed by atoms with Gasteiger partial charge in [0.1, 0.15) is 0 Å². The quantitative estimate of drug-likeness (QED) is 0.713. The molecule has 2 aromatic heterocycles. The number of guanidine groups is 1. The molecule has 0 fully saturated rings. The molecule has 30 heavy (non-hydrogen) atoms. The summed E-state index contributed by atoms with van der Waals surface area (Å²) in [5, 5.41) is 0. The lowest BCUT2D eigenvalue weighted by molar-refractivity contribution is -0.137. The van der Waals surface area contributed by atoms with E-state index in [2.05, 4.69) is 19.9 Å². The summed E-state index contributed by atoms with van der Waals surface area (Å²) in [5.74, 6) is -0.588. The van der Waals surface area contributed by atoms with Gasteiger partial charge < -0.3 is 5.73 Å². The van der Waals surface area contributed by atoms with Crippen LogP contribution in [0.3, 0.4) is 0 Å². The largest absolute Gasteiger partial charge is 0.417 e. The molecule has 0 saturated carbocycles. The van der Waals surface area contributed by atoms with E-state index in [9.17, 15) is 18.0 Å². The molecule has 0 aliphatic carbocycles. The van der Waals surface area contributed by atoms with Crippen molar-refractivity contribution in [2.45, 2.75) is 11.7 Å². The van der Waals surface area contributed by atoms with E-state index in [1.54, 1.807) is 30.5 Å². The van der Waals surface area contributed by atoms with Crippen LogP contribution in [0.2, 0.25) is 0 Å². The van der Waals surface area contributed by atoms with Gasteiger partial charge in [-0.1, -0.05) is 18.2 Å². The third-order valence-electron chi connectivity index (χ3n) is 4.84. The lowest BCUT2D eigenvalue weighted by atomic mass is 9.85. The molecule has 3 aromatic rings. The van der Waals surface area contributed by atoms with Crippen molar-refractivity contribution in [2.24, 2.45) is 10.7 Å². The molecule has 152 valence electrons. The number of amides is 1. The molecule has 1 atom stereocenters. The first-order valence-corrected chi connectivity index (χ1v) is 8.77. The molecule has 2 N–H and O–H groups in total. The van der Waals surface area contributed by atoms with Gasteiger partial charge in [0, 0.05) is 31.2 Å². The van der Waals surface area contributed by atoms with Gasteiger partial charge in [-0.05, 0) is 23.8 Å². The molecular formula is C20H15F3N6O. The van der Waals surface area contributed by atoms with Gasteiger partial charge >= 0.3 is 6.18 Å². The molecule has 1 unspecified atom stereocenters. The molecule has 3 heterocycles. The Morgan fingerprint density at radius 1 is 1.07 bits per heavy atom. The topological polar surface area (TPSA) is 97.4 Å². The van der Waals surface area contributed by atoms with Crippen molar-refractivity contribution in [2.75, 3.05) is 7.05 Å². The molecule has 7 nitrogen and oxygen atoms in total. The first kappa shape index (κ1) is 19.5. The van der Waals surface area contributed by atoms with Crippen LogP contribution < -0.4 is 5.73 Å². The number of rotatable bonds is 3. The Hall–Kier alpha value is -3.82. The van der Waals surface area contributed by atoms with Gasteiger partial charge in [-0.3, -0.25) is 24.6 Å². The van der Waals surface area contributed by atoms with E-state index in [1.165, 1.54) is 19.4 Å². The summed E-state index contributed by atoms with van der Waals surface area (Å²) in [6.45, 7) is 0. The van der Waals surface area contributed by atoms with Crippen molar-refractivity contribution in [3.8, 4) is 11.3 Å². The van der Waals surface area contributed by atoms with Crippen LogP contribution >= 0.6 is 0 Å². The van der Waals surface area contributed by atoms with Crippen LogP contribution in [0.1, 0.15) is 16.8 Å². The Labute approximate surface area is 169 Å². The van der Waals surface area contributed by atoms with E-state index in [4.69, 9.17) is 5.73 Å². The zero-order valence-corrected chi connectivity index (χ0v) is 15.6. The second-order valence-corrected chi connectivity index (χ2v) is 6.65. The molecular weight excluding hydrogens is 397 g/mol. The SMILES string of the molecule is CN1C(=O)C(c2cccc(-c3cnccn3)c2)(c2ccc(C(F)(F)F)cn2)N=C1N. The smallest absolute Gasteiger partial charge is 0.369 e. The lowest BCUT2D eigenvalue weighted by Crippen LogP contribution is -2.41. The van der Waals surface area contributed by atoms with E-state index >= 15 is 0 Å². The number of carbonyl (C=O) groups excluding carboxylic acids is 1. The molecule has 0 saturated heterocycles. The summed E-state index contributed by atoms with van der Waals surface area (Å²) < 4.78 is 38.9. The minimum absolute atomic E-state index is 0.0316. The second-order valence-electron chi connectivity index (χ2n) is 6.65. The third kappa shape index (κ3) is 3.06. The van der Waals surface area contributed by atoms with Crippen LogP contribution in [-0.4, -0.2) is 38.8 Å². The van der Waals surface area contributed by atoms with E-state index in [1.807, 2.05) is 0 Å². The molecule has 1 amide bonds.